The topological polar surface area (TPSA) is 96.6 Å². The molecule has 0 unspecified atom stereocenters. The van der Waals surface area contributed by atoms with Crippen LogP contribution in [0.3, 0.4) is 0 Å². The van der Waals surface area contributed by atoms with Gasteiger partial charge in [-0.25, -0.2) is 9.98 Å². The van der Waals surface area contributed by atoms with Crippen LogP contribution in [0.25, 0.3) is 5.70 Å². The number of oxazole rings is 1. The molecule has 4 rings (SSSR count). The fourth-order valence-corrected chi connectivity index (χ4v) is 4.01. The van der Waals surface area contributed by atoms with E-state index in [4.69, 9.17) is 9.41 Å². The van der Waals surface area contributed by atoms with E-state index in [1.54, 1.807) is 31.2 Å². The number of nitrogens with one attached hydrogen (secondary N) is 2. The third-order valence-corrected chi connectivity index (χ3v) is 6.34. The van der Waals surface area contributed by atoms with Gasteiger partial charge < -0.3 is 15.1 Å². The van der Waals surface area contributed by atoms with E-state index in [2.05, 4.69) is 22.2 Å². The van der Waals surface area contributed by atoms with Gasteiger partial charge in [0.05, 0.1) is 23.6 Å². The van der Waals surface area contributed by atoms with Gasteiger partial charge in [-0.3, -0.25) is 9.59 Å². The first-order valence-electron chi connectivity index (χ1n) is 12.2. The first-order valence-corrected chi connectivity index (χ1v) is 12.2. The maximum atomic E-state index is 13.2. The minimum Gasteiger partial charge on any atom is -0.446 e. The molecule has 0 aliphatic heterocycles. The van der Waals surface area contributed by atoms with Crippen LogP contribution in [0, 0.1) is 13.8 Å². The molecule has 0 atom stereocenters. The quantitative estimate of drug-likeness (QED) is 0.378. The van der Waals surface area contributed by atoms with Crippen molar-refractivity contribution >= 4 is 28.9 Å². The fourth-order valence-electron chi connectivity index (χ4n) is 4.01. The molecule has 2 N–H and O–H groups in total. The van der Waals surface area contributed by atoms with E-state index in [0.29, 0.717) is 34.0 Å². The Morgan fingerprint density at radius 1 is 1.05 bits per heavy atom. The van der Waals surface area contributed by atoms with Crippen molar-refractivity contribution in [1.29, 1.82) is 0 Å². The molecule has 0 saturated carbocycles. The lowest BCUT2D eigenvalue weighted by Gasteiger charge is -2.17. The maximum absolute atomic E-state index is 13.2. The lowest BCUT2D eigenvalue weighted by molar-refractivity contribution is -0.112. The summed E-state index contributed by atoms with van der Waals surface area (Å²) in [5.74, 6) is 0.103. The number of amides is 2. The monoisotopic (exact) mass is 506 g/mol. The Balaban J connectivity index is 1.48. The lowest BCUT2D eigenvalue weighted by Crippen LogP contribution is -2.23. The zero-order valence-corrected chi connectivity index (χ0v) is 22.0. The average Bonchev–Trinajstić information content (AvgIpc) is 3.33. The van der Waals surface area contributed by atoms with Gasteiger partial charge in [-0.05, 0) is 63.1 Å². The third-order valence-electron chi connectivity index (χ3n) is 6.34. The van der Waals surface area contributed by atoms with Crippen LogP contribution < -0.4 is 10.6 Å². The Bertz CT molecular complexity index is 1520. The van der Waals surface area contributed by atoms with Crippen molar-refractivity contribution < 1.29 is 14.0 Å². The van der Waals surface area contributed by atoms with Crippen LogP contribution in [-0.4, -0.2) is 22.5 Å². The second-order valence-electron chi connectivity index (χ2n) is 9.04. The Morgan fingerprint density at radius 2 is 1.79 bits per heavy atom. The van der Waals surface area contributed by atoms with Crippen LogP contribution in [-0.2, 0) is 11.3 Å². The molecule has 1 aliphatic carbocycles. The number of carbonyl (C=O) groups is 2. The number of aryl methyl sites for hydroxylation is 2. The number of allylic oxidation sites excluding steroid dienone is 5. The van der Waals surface area contributed by atoms with Crippen molar-refractivity contribution in [2.75, 3.05) is 5.32 Å². The summed E-state index contributed by atoms with van der Waals surface area (Å²) in [4.78, 5) is 34.5. The van der Waals surface area contributed by atoms with E-state index in [9.17, 15) is 9.59 Å². The van der Waals surface area contributed by atoms with E-state index in [1.165, 1.54) is 6.39 Å². The van der Waals surface area contributed by atoms with Gasteiger partial charge in [0, 0.05) is 28.0 Å². The summed E-state index contributed by atoms with van der Waals surface area (Å²) < 4.78 is 5.25. The average molecular weight is 507 g/mol. The number of rotatable bonds is 7. The summed E-state index contributed by atoms with van der Waals surface area (Å²) in [6.07, 6.45) is 7.11. The molecule has 38 heavy (non-hydrogen) atoms. The first-order chi connectivity index (χ1) is 18.2. The van der Waals surface area contributed by atoms with Crippen LogP contribution in [0.2, 0.25) is 0 Å². The molecule has 3 aromatic rings. The first kappa shape index (κ1) is 26.3. The highest BCUT2D eigenvalue weighted by Crippen LogP contribution is 2.25. The van der Waals surface area contributed by atoms with Crippen molar-refractivity contribution in [2.24, 2.45) is 4.99 Å². The van der Waals surface area contributed by atoms with E-state index in [0.717, 1.165) is 28.0 Å². The molecule has 0 fully saturated rings. The van der Waals surface area contributed by atoms with Crippen molar-refractivity contribution in [2.45, 2.75) is 34.2 Å². The predicted octanol–water partition coefficient (Wildman–Crippen LogP) is 6.10. The van der Waals surface area contributed by atoms with Gasteiger partial charge in [0.1, 0.15) is 5.76 Å². The molecule has 1 aromatic heterocycles. The molecule has 0 bridgehead atoms. The number of nitrogens with zero attached hydrogens (tertiary/aromatic N) is 2. The van der Waals surface area contributed by atoms with Crippen molar-refractivity contribution in [3.63, 3.8) is 0 Å². The zero-order chi connectivity index (χ0) is 27.2. The maximum Gasteiger partial charge on any atom is 0.251 e. The van der Waals surface area contributed by atoms with Crippen LogP contribution in [0.4, 0.5) is 5.69 Å². The second-order valence-corrected chi connectivity index (χ2v) is 9.04. The summed E-state index contributed by atoms with van der Waals surface area (Å²) in [5, 5.41) is 5.72. The number of aromatic nitrogens is 1. The largest absolute Gasteiger partial charge is 0.446 e. The zero-order valence-electron chi connectivity index (χ0n) is 22.0. The van der Waals surface area contributed by atoms with Crippen molar-refractivity contribution in [3.05, 3.63) is 125 Å². The van der Waals surface area contributed by atoms with E-state index >= 15 is 0 Å². The highest BCUT2D eigenvalue weighted by Gasteiger charge is 2.19. The Labute approximate surface area is 222 Å². The molecule has 7 nitrogen and oxygen atoms in total. The van der Waals surface area contributed by atoms with E-state index < -0.39 is 0 Å². The van der Waals surface area contributed by atoms with E-state index in [-0.39, 0.29) is 18.4 Å². The molecular formula is C31H30N4O3. The molecule has 2 aromatic carbocycles. The molecule has 1 aliphatic rings. The SMILES string of the molecule is C=C(N=C1C(C)=CC=C/C1=C(/C)C(=O)Nc1ccc(C(=O)NCc2ocnc2C)cc1)c1ccccc1C. The van der Waals surface area contributed by atoms with Crippen LogP contribution >= 0.6 is 0 Å². The number of hydrogen-bond acceptors (Lipinski definition) is 5. The lowest BCUT2D eigenvalue weighted by atomic mass is 9.93. The molecule has 192 valence electrons. The molecule has 0 saturated heterocycles. The number of aliphatic imine (C=N–C) groups is 1. The predicted molar refractivity (Wildman–Crippen MR) is 151 cm³/mol. The van der Waals surface area contributed by atoms with E-state index in [1.807, 2.05) is 63.3 Å². The van der Waals surface area contributed by atoms with Crippen LogP contribution in [0.15, 0.2) is 106 Å². The molecular weight excluding hydrogens is 476 g/mol. The molecule has 0 radical (unpaired) electrons. The minimum absolute atomic E-state index is 0.247. The van der Waals surface area contributed by atoms with Crippen molar-refractivity contribution in [1.82, 2.24) is 10.3 Å². The highest BCUT2D eigenvalue weighted by molar-refractivity contribution is 6.21. The Hall–Kier alpha value is -4.78. The van der Waals surface area contributed by atoms with Gasteiger partial charge in [0.25, 0.3) is 11.8 Å². The second kappa shape index (κ2) is 11.5. The standard InChI is InChI=1S/C31H30N4O3/c1-19-9-6-7-11-26(19)22(4)34-29-20(2)10-8-12-27(29)21(3)30(36)35-25-15-13-24(14-16-25)31(37)32-17-28-23(5)33-18-38-28/h6-16,18H,4,17H2,1-3,5H3,(H,32,37)(H,35,36)/b27-21+,34-29?. The summed E-state index contributed by atoms with van der Waals surface area (Å²) in [6.45, 7) is 12.0. The van der Waals surface area contributed by atoms with Gasteiger partial charge in [0.15, 0.2) is 6.39 Å². The van der Waals surface area contributed by atoms with Crippen molar-refractivity contribution in [3.8, 4) is 0 Å². The number of carbonyl (C=O) groups excluding carboxylic acids is 2. The number of anilines is 1. The Morgan fingerprint density at radius 3 is 2.47 bits per heavy atom. The normalized spacial score (nSPS) is 15.2. The van der Waals surface area contributed by atoms with Gasteiger partial charge in [-0.1, -0.05) is 49.1 Å². The van der Waals surface area contributed by atoms with Crippen LogP contribution in [0.1, 0.15) is 46.8 Å². The number of hydrogen-bond donors (Lipinski definition) is 2. The van der Waals surface area contributed by atoms with Gasteiger partial charge in [-0.15, -0.1) is 0 Å². The smallest absolute Gasteiger partial charge is 0.251 e. The third kappa shape index (κ3) is 5.95. The highest BCUT2D eigenvalue weighted by atomic mass is 16.3. The van der Waals surface area contributed by atoms with Gasteiger partial charge in [0.2, 0.25) is 0 Å². The van der Waals surface area contributed by atoms with Gasteiger partial charge >= 0.3 is 0 Å². The van der Waals surface area contributed by atoms with Crippen LogP contribution in [0.5, 0.6) is 0 Å². The number of benzene rings is 2. The fraction of sp³-hybridized carbons (Fsp3) is 0.161. The summed E-state index contributed by atoms with van der Waals surface area (Å²) in [5.41, 5.74) is 7.37. The molecule has 0 spiro atoms. The summed E-state index contributed by atoms with van der Waals surface area (Å²) in [7, 11) is 0. The molecule has 7 heteroatoms. The molecule has 1 heterocycles. The summed E-state index contributed by atoms with van der Waals surface area (Å²) in [6, 6.07) is 14.7. The minimum atomic E-state index is -0.258. The summed E-state index contributed by atoms with van der Waals surface area (Å²) >= 11 is 0. The van der Waals surface area contributed by atoms with Gasteiger partial charge in [-0.2, -0.15) is 0 Å². The Kier molecular flexibility index (Phi) is 7.97. The molecule has 2 amide bonds.